The molecule has 8 rings (SSSR count). The Morgan fingerprint density at radius 1 is 0.452 bits per heavy atom. The molecule has 42 heavy (non-hydrogen) atoms. The number of fused-ring (bicyclic) bond motifs is 1. The van der Waals surface area contributed by atoms with Crippen LogP contribution in [0.2, 0.25) is 0 Å². The van der Waals surface area contributed by atoms with Gasteiger partial charge in [-0.3, -0.25) is 0 Å². The molecular weight excluding hydrogens is 510 g/mol. The topological polar surface area (TPSA) is 26.0 Å². The van der Waals surface area contributed by atoms with Crippen LogP contribution in [-0.4, -0.2) is 4.98 Å². The third-order valence-corrected chi connectivity index (χ3v) is 8.90. The van der Waals surface area contributed by atoms with Crippen molar-refractivity contribution < 1.29 is 4.42 Å². The zero-order valence-electron chi connectivity index (χ0n) is 24.6. The fourth-order valence-corrected chi connectivity index (χ4v) is 6.91. The molecule has 0 saturated heterocycles. The summed E-state index contributed by atoms with van der Waals surface area (Å²) in [5.41, 5.74) is 14.0. The van der Waals surface area contributed by atoms with E-state index >= 15 is 0 Å². The lowest BCUT2D eigenvalue weighted by molar-refractivity contribution is 0.620. The summed E-state index contributed by atoms with van der Waals surface area (Å²) in [7, 11) is 0. The van der Waals surface area contributed by atoms with Crippen LogP contribution in [0.25, 0.3) is 77.1 Å². The maximum atomic E-state index is 6.47. The number of benzene rings is 7. The molecule has 0 aliphatic heterocycles. The highest BCUT2D eigenvalue weighted by Crippen LogP contribution is 2.46. The van der Waals surface area contributed by atoms with Crippen molar-refractivity contribution in [2.24, 2.45) is 0 Å². The van der Waals surface area contributed by atoms with Crippen LogP contribution in [-0.2, 0) is 0 Å². The molecule has 2 heteroatoms. The molecule has 0 spiro atoms. The van der Waals surface area contributed by atoms with E-state index in [1.165, 1.54) is 71.4 Å². The second-order valence-corrected chi connectivity index (χ2v) is 12.0. The first-order chi connectivity index (χ1) is 20.4. The van der Waals surface area contributed by atoms with Gasteiger partial charge in [0.05, 0.1) is 0 Å². The maximum absolute atomic E-state index is 6.47. The lowest BCUT2D eigenvalue weighted by atomic mass is 9.84. The van der Waals surface area contributed by atoms with Gasteiger partial charge >= 0.3 is 0 Å². The van der Waals surface area contributed by atoms with E-state index < -0.39 is 0 Å². The summed E-state index contributed by atoms with van der Waals surface area (Å²) in [6, 6.07) is 35.7. The summed E-state index contributed by atoms with van der Waals surface area (Å²) >= 11 is 0. The average Bonchev–Trinajstić information content (AvgIpc) is 3.39. The first-order valence-corrected chi connectivity index (χ1v) is 14.6. The molecule has 0 bridgehead atoms. The van der Waals surface area contributed by atoms with E-state index in [-0.39, 0.29) is 0 Å². The quantitative estimate of drug-likeness (QED) is 0.208. The van der Waals surface area contributed by atoms with Crippen LogP contribution in [0.4, 0.5) is 0 Å². The van der Waals surface area contributed by atoms with Gasteiger partial charge in [0, 0.05) is 5.56 Å². The number of aryl methyl sites for hydroxylation is 5. The van der Waals surface area contributed by atoms with Crippen LogP contribution in [0.1, 0.15) is 27.8 Å². The van der Waals surface area contributed by atoms with Crippen molar-refractivity contribution in [3.63, 3.8) is 0 Å². The molecular formula is C40H31NO. The number of rotatable bonds is 3. The van der Waals surface area contributed by atoms with Gasteiger partial charge in [0.1, 0.15) is 5.52 Å². The third-order valence-electron chi connectivity index (χ3n) is 8.90. The van der Waals surface area contributed by atoms with Crippen LogP contribution in [0, 0.1) is 34.6 Å². The van der Waals surface area contributed by atoms with E-state index in [1.807, 2.05) is 0 Å². The Balaban J connectivity index is 1.52. The Kier molecular flexibility index (Phi) is 5.33. The number of aromatic nitrogens is 1. The number of nitrogens with zero attached hydrogens (tertiary/aromatic N) is 1. The van der Waals surface area contributed by atoms with Crippen molar-refractivity contribution in [1.29, 1.82) is 0 Å². The number of hydrogen-bond donors (Lipinski definition) is 0. The van der Waals surface area contributed by atoms with Crippen molar-refractivity contribution in [2.45, 2.75) is 34.6 Å². The predicted octanol–water partition coefficient (Wildman–Crippen LogP) is 11.3. The molecule has 7 aromatic carbocycles. The van der Waals surface area contributed by atoms with Crippen LogP contribution >= 0.6 is 0 Å². The first kappa shape index (κ1) is 24.8. The van der Waals surface area contributed by atoms with E-state index in [0.717, 1.165) is 27.6 Å². The molecule has 0 aliphatic carbocycles. The minimum absolute atomic E-state index is 0.661. The second kappa shape index (κ2) is 9.03. The summed E-state index contributed by atoms with van der Waals surface area (Å²) in [5, 5.41) is 7.49. The van der Waals surface area contributed by atoms with Crippen LogP contribution < -0.4 is 0 Å². The minimum Gasteiger partial charge on any atom is -0.436 e. The highest BCUT2D eigenvalue weighted by atomic mass is 16.3. The Bertz CT molecular complexity index is 2350. The molecule has 8 aromatic rings. The standard InChI is InChI=1S/C40H31NO/c1-22-6-11-28(25(4)18-22)30-13-9-27-10-14-32-34(29-12-7-23(2)19-26(29)5)21-35(33-16-15-31(30)38(27)39(32)33)40-41-36-17-8-24(3)20-37(36)42-40/h6-21H,1-5H3. The number of oxazole rings is 1. The summed E-state index contributed by atoms with van der Waals surface area (Å²) in [5.74, 6) is 0.661. The monoisotopic (exact) mass is 541 g/mol. The summed E-state index contributed by atoms with van der Waals surface area (Å²) in [6.45, 7) is 10.8. The van der Waals surface area contributed by atoms with Gasteiger partial charge in [0.2, 0.25) is 5.89 Å². The summed E-state index contributed by atoms with van der Waals surface area (Å²) < 4.78 is 6.47. The van der Waals surface area contributed by atoms with Crippen LogP contribution in [0.3, 0.4) is 0 Å². The molecule has 0 N–H and O–H groups in total. The zero-order valence-corrected chi connectivity index (χ0v) is 24.6. The van der Waals surface area contributed by atoms with E-state index in [4.69, 9.17) is 9.40 Å². The highest BCUT2D eigenvalue weighted by molar-refractivity contribution is 6.29. The molecule has 0 aliphatic rings. The normalized spacial score (nSPS) is 11.9. The van der Waals surface area contributed by atoms with E-state index in [1.54, 1.807) is 0 Å². The predicted molar refractivity (Wildman–Crippen MR) is 178 cm³/mol. The van der Waals surface area contributed by atoms with Crippen molar-refractivity contribution in [3.05, 3.63) is 125 Å². The van der Waals surface area contributed by atoms with Crippen molar-refractivity contribution in [2.75, 3.05) is 0 Å². The molecule has 0 unspecified atom stereocenters. The highest BCUT2D eigenvalue weighted by Gasteiger charge is 2.21. The molecule has 0 atom stereocenters. The summed E-state index contributed by atoms with van der Waals surface area (Å²) in [6.07, 6.45) is 0. The Morgan fingerprint density at radius 3 is 1.71 bits per heavy atom. The average molecular weight is 542 g/mol. The molecule has 1 heterocycles. The Hall–Kier alpha value is -4.95. The van der Waals surface area contributed by atoms with E-state index in [0.29, 0.717) is 5.89 Å². The first-order valence-electron chi connectivity index (χ1n) is 14.6. The SMILES string of the molecule is Cc1ccc(-c2ccc3ccc4c(-c5ccc(C)cc5C)cc(-c5nc6ccc(C)cc6o5)c5ccc2c3c54)c(C)c1. The Morgan fingerprint density at radius 2 is 1.00 bits per heavy atom. The van der Waals surface area contributed by atoms with Gasteiger partial charge in [-0.05, 0) is 124 Å². The largest absolute Gasteiger partial charge is 0.436 e. The Labute approximate surface area is 245 Å². The van der Waals surface area contributed by atoms with Gasteiger partial charge in [0.15, 0.2) is 5.58 Å². The fraction of sp³-hybridized carbons (Fsp3) is 0.125. The molecule has 1 aromatic heterocycles. The maximum Gasteiger partial charge on any atom is 0.227 e. The van der Waals surface area contributed by atoms with Crippen molar-refractivity contribution in [3.8, 4) is 33.7 Å². The molecule has 0 amide bonds. The van der Waals surface area contributed by atoms with Gasteiger partial charge < -0.3 is 4.42 Å². The smallest absolute Gasteiger partial charge is 0.227 e. The molecule has 0 fully saturated rings. The molecule has 0 radical (unpaired) electrons. The van der Waals surface area contributed by atoms with Gasteiger partial charge in [-0.25, -0.2) is 4.98 Å². The fourth-order valence-electron chi connectivity index (χ4n) is 6.91. The number of hydrogen-bond acceptors (Lipinski definition) is 2. The van der Waals surface area contributed by atoms with Gasteiger partial charge in [-0.1, -0.05) is 90.0 Å². The van der Waals surface area contributed by atoms with Crippen LogP contribution in [0.5, 0.6) is 0 Å². The zero-order chi connectivity index (χ0) is 28.7. The van der Waals surface area contributed by atoms with Crippen molar-refractivity contribution >= 4 is 43.4 Å². The second-order valence-electron chi connectivity index (χ2n) is 12.0. The lowest BCUT2D eigenvalue weighted by Gasteiger charge is -2.19. The minimum atomic E-state index is 0.661. The van der Waals surface area contributed by atoms with E-state index in [9.17, 15) is 0 Å². The van der Waals surface area contributed by atoms with Gasteiger partial charge in [-0.15, -0.1) is 0 Å². The third kappa shape index (κ3) is 3.68. The van der Waals surface area contributed by atoms with E-state index in [2.05, 4.69) is 132 Å². The lowest BCUT2D eigenvalue weighted by Crippen LogP contribution is -1.94. The van der Waals surface area contributed by atoms with Gasteiger partial charge in [0.25, 0.3) is 0 Å². The summed E-state index contributed by atoms with van der Waals surface area (Å²) in [4.78, 5) is 5.00. The molecule has 2 nitrogen and oxygen atoms in total. The van der Waals surface area contributed by atoms with Crippen LogP contribution in [0.15, 0.2) is 101 Å². The molecule has 202 valence electrons. The van der Waals surface area contributed by atoms with Gasteiger partial charge in [-0.2, -0.15) is 0 Å². The molecule has 0 saturated carbocycles. The van der Waals surface area contributed by atoms with Crippen molar-refractivity contribution in [1.82, 2.24) is 4.98 Å².